The van der Waals surface area contributed by atoms with Crippen LogP contribution in [0.4, 0.5) is 10.3 Å². The molecule has 0 bridgehead atoms. The highest BCUT2D eigenvalue weighted by Gasteiger charge is 2.25. The molecule has 0 amide bonds. The number of anilines is 1. The van der Waals surface area contributed by atoms with Crippen molar-refractivity contribution < 1.29 is 4.39 Å². The predicted octanol–water partition coefficient (Wildman–Crippen LogP) is 0.802. The number of thiocarbonyl (C=S) groups is 1. The number of piperazine rings is 1. The molecule has 1 aromatic heterocycles. The van der Waals surface area contributed by atoms with Crippen molar-refractivity contribution in [3.8, 4) is 0 Å². The fraction of sp³-hybridized carbons (Fsp3) is 0.583. The standard InChI is InChI=1S/C12H18FN5S/c1-2-10(11(14)19)17-3-5-18(6-4-17)12-15-7-9(13)8-16-12/h7-8,10H,2-6H2,1H3,(H2,14,19). The maximum atomic E-state index is 12.8. The molecule has 1 saturated heterocycles. The summed E-state index contributed by atoms with van der Waals surface area (Å²) in [5.41, 5.74) is 5.75. The summed E-state index contributed by atoms with van der Waals surface area (Å²) in [6.45, 7) is 5.39. The number of halogens is 1. The van der Waals surface area contributed by atoms with Gasteiger partial charge in [0.15, 0.2) is 5.82 Å². The number of nitrogens with two attached hydrogens (primary N) is 1. The average molecular weight is 283 g/mol. The Balaban J connectivity index is 1.95. The summed E-state index contributed by atoms with van der Waals surface area (Å²) in [4.78, 5) is 12.9. The van der Waals surface area contributed by atoms with Crippen molar-refractivity contribution in [3.05, 3.63) is 18.2 Å². The molecule has 7 heteroatoms. The monoisotopic (exact) mass is 283 g/mol. The number of aromatic nitrogens is 2. The van der Waals surface area contributed by atoms with Crippen LogP contribution in [0.3, 0.4) is 0 Å². The summed E-state index contributed by atoms with van der Waals surface area (Å²) < 4.78 is 12.8. The second-order valence-electron chi connectivity index (χ2n) is 4.55. The van der Waals surface area contributed by atoms with Crippen LogP contribution in [0.1, 0.15) is 13.3 Å². The fourth-order valence-electron chi connectivity index (χ4n) is 2.34. The van der Waals surface area contributed by atoms with E-state index in [4.69, 9.17) is 18.0 Å². The topological polar surface area (TPSA) is 58.3 Å². The number of hydrogen-bond acceptors (Lipinski definition) is 5. The van der Waals surface area contributed by atoms with Gasteiger partial charge in [0.1, 0.15) is 0 Å². The Hall–Kier alpha value is -1.34. The average Bonchev–Trinajstić information content (AvgIpc) is 2.41. The summed E-state index contributed by atoms with van der Waals surface area (Å²) >= 11 is 5.09. The highest BCUT2D eigenvalue weighted by atomic mass is 32.1. The normalized spacial score (nSPS) is 18.3. The molecule has 2 N–H and O–H groups in total. The van der Waals surface area contributed by atoms with Crippen LogP contribution in [0, 0.1) is 5.82 Å². The van der Waals surface area contributed by atoms with Crippen LogP contribution in [0.15, 0.2) is 12.4 Å². The zero-order valence-corrected chi connectivity index (χ0v) is 11.7. The Morgan fingerprint density at radius 3 is 2.42 bits per heavy atom. The lowest BCUT2D eigenvalue weighted by Gasteiger charge is -2.38. The van der Waals surface area contributed by atoms with Gasteiger partial charge in [-0.1, -0.05) is 19.1 Å². The van der Waals surface area contributed by atoms with Crippen LogP contribution in [-0.4, -0.2) is 52.1 Å². The van der Waals surface area contributed by atoms with Gasteiger partial charge in [-0.15, -0.1) is 0 Å². The third-order valence-electron chi connectivity index (χ3n) is 3.36. The van der Waals surface area contributed by atoms with E-state index in [0.29, 0.717) is 10.9 Å². The van der Waals surface area contributed by atoms with Crippen LogP contribution >= 0.6 is 12.2 Å². The molecule has 0 aromatic carbocycles. The summed E-state index contributed by atoms with van der Waals surface area (Å²) in [6, 6.07) is 0.159. The van der Waals surface area contributed by atoms with Crippen LogP contribution in [0.2, 0.25) is 0 Å². The minimum atomic E-state index is -0.415. The third kappa shape index (κ3) is 3.36. The van der Waals surface area contributed by atoms with E-state index < -0.39 is 5.82 Å². The van der Waals surface area contributed by atoms with E-state index in [2.05, 4.69) is 21.8 Å². The summed E-state index contributed by atoms with van der Waals surface area (Å²) in [7, 11) is 0. The molecule has 0 radical (unpaired) electrons. The highest BCUT2D eigenvalue weighted by Crippen LogP contribution is 2.14. The summed E-state index contributed by atoms with van der Waals surface area (Å²) in [6.07, 6.45) is 3.31. The molecule has 19 heavy (non-hydrogen) atoms. The van der Waals surface area contributed by atoms with Crippen molar-refractivity contribution in [2.24, 2.45) is 5.73 Å². The van der Waals surface area contributed by atoms with Gasteiger partial charge in [-0.05, 0) is 6.42 Å². The molecular formula is C12H18FN5S. The van der Waals surface area contributed by atoms with Crippen molar-refractivity contribution in [2.75, 3.05) is 31.1 Å². The van der Waals surface area contributed by atoms with Crippen molar-refractivity contribution in [1.82, 2.24) is 14.9 Å². The largest absolute Gasteiger partial charge is 0.392 e. The van der Waals surface area contributed by atoms with Gasteiger partial charge in [0.25, 0.3) is 0 Å². The van der Waals surface area contributed by atoms with Crippen LogP contribution < -0.4 is 10.6 Å². The Morgan fingerprint density at radius 2 is 1.95 bits per heavy atom. The van der Waals surface area contributed by atoms with E-state index in [-0.39, 0.29) is 6.04 Å². The lowest BCUT2D eigenvalue weighted by atomic mass is 10.1. The van der Waals surface area contributed by atoms with Crippen molar-refractivity contribution in [1.29, 1.82) is 0 Å². The lowest BCUT2D eigenvalue weighted by molar-refractivity contribution is 0.223. The van der Waals surface area contributed by atoms with Gasteiger partial charge in [-0.25, -0.2) is 14.4 Å². The third-order valence-corrected chi connectivity index (χ3v) is 3.63. The molecule has 2 rings (SSSR count). The highest BCUT2D eigenvalue weighted by molar-refractivity contribution is 7.80. The van der Waals surface area contributed by atoms with E-state index in [1.54, 1.807) is 0 Å². The van der Waals surface area contributed by atoms with Crippen molar-refractivity contribution in [3.63, 3.8) is 0 Å². The van der Waals surface area contributed by atoms with E-state index in [1.165, 1.54) is 12.4 Å². The molecule has 0 aliphatic carbocycles. The Kier molecular flexibility index (Phi) is 4.60. The molecule has 5 nitrogen and oxygen atoms in total. The molecule has 1 unspecified atom stereocenters. The molecule has 104 valence electrons. The second kappa shape index (κ2) is 6.21. The molecule has 1 fully saturated rings. The number of rotatable bonds is 4. The van der Waals surface area contributed by atoms with Gasteiger partial charge >= 0.3 is 0 Å². The van der Waals surface area contributed by atoms with Crippen LogP contribution in [0.25, 0.3) is 0 Å². The van der Waals surface area contributed by atoms with Gasteiger partial charge in [0.2, 0.25) is 5.95 Å². The first-order valence-electron chi connectivity index (χ1n) is 6.37. The van der Waals surface area contributed by atoms with Crippen molar-refractivity contribution >= 4 is 23.2 Å². The molecule has 1 aliphatic rings. The predicted molar refractivity (Wildman–Crippen MR) is 76.6 cm³/mol. The molecule has 0 saturated carbocycles. The molecular weight excluding hydrogens is 265 g/mol. The van der Waals surface area contributed by atoms with Gasteiger partial charge in [-0.3, -0.25) is 4.90 Å². The minimum Gasteiger partial charge on any atom is -0.392 e. The molecule has 1 aliphatic heterocycles. The first-order chi connectivity index (χ1) is 9.11. The summed E-state index contributed by atoms with van der Waals surface area (Å²) in [5, 5.41) is 0. The fourth-order valence-corrected chi connectivity index (χ4v) is 2.66. The first kappa shape index (κ1) is 14.1. The zero-order valence-electron chi connectivity index (χ0n) is 10.9. The molecule has 1 atom stereocenters. The lowest BCUT2D eigenvalue weighted by Crippen LogP contribution is -2.53. The SMILES string of the molecule is CCC(C(N)=S)N1CCN(c2ncc(F)cn2)CC1. The number of hydrogen-bond donors (Lipinski definition) is 1. The van der Waals surface area contributed by atoms with Gasteiger partial charge in [-0.2, -0.15) is 0 Å². The molecule has 2 heterocycles. The Bertz CT molecular complexity index is 430. The van der Waals surface area contributed by atoms with Gasteiger partial charge in [0.05, 0.1) is 23.4 Å². The first-order valence-corrected chi connectivity index (χ1v) is 6.78. The van der Waals surface area contributed by atoms with Gasteiger partial charge in [0, 0.05) is 26.2 Å². The minimum absolute atomic E-state index is 0.159. The Labute approximate surface area is 117 Å². The van der Waals surface area contributed by atoms with Crippen LogP contribution in [0.5, 0.6) is 0 Å². The molecule has 1 aromatic rings. The summed E-state index contributed by atoms with van der Waals surface area (Å²) in [5.74, 6) is 0.159. The van der Waals surface area contributed by atoms with E-state index in [0.717, 1.165) is 32.6 Å². The van der Waals surface area contributed by atoms with E-state index >= 15 is 0 Å². The molecule has 0 spiro atoms. The number of nitrogens with zero attached hydrogens (tertiary/aromatic N) is 4. The van der Waals surface area contributed by atoms with E-state index in [9.17, 15) is 4.39 Å². The van der Waals surface area contributed by atoms with E-state index in [1.807, 2.05) is 4.90 Å². The van der Waals surface area contributed by atoms with Crippen LogP contribution in [-0.2, 0) is 0 Å². The van der Waals surface area contributed by atoms with Crippen molar-refractivity contribution in [2.45, 2.75) is 19.4 Å². The maximum Gasteiger partial charge on any atom is 0.225 e. The zero-order chi connectivity index (χ0) is 13.8. The quantitative estimate of drug-likeness (QED) is 0.825. The van der Waals surface area contributed by atoms with Gasteiger partial charge < -0.3 is 10.6 Å². The maximum absolute atomic E-state index is 12.8. The Morgan fingerprint density at radius 1 is 1.37 bits per heavy atom. The smallest absolute Gasteiger partial charge is 0.225 e. The second-order valence-corrected chi connectivity index (χ2v) is 5.02.